The minimum atomic E-state index is -0.573. The van der Waals surface area contributed by atoms with Crippen molar-refractivity contribution in [2.75, 3.05) is 19.8 Å². The normalized spacial score (nSPS) is 13.2. The number of carbonyl (C=O) groups is 2. The van der Waals surface area contributed by atoms with Gasteiger partial charge in [0.25, 0.3) is 0 Å². The molecular formula is C55H90O5. The van der Waals surface area contributed by atoms with E-state index in [9.17, 15) is 9.59 Å². The maximum absolute atomic E-state index is 12.8. The van der Waals surface area contributed by atoms with Gasteiger partial charge >= 0.3 is 11.9 Å². The second-order valence-corrected chi connectivity index (χ2v) is 15.6. The van der Waals surface area contributed by atoms with Crippen LogP contribution >= 0.6 is 0 Å². The lowest BCUT2D eigenvalue weighted by Gasteiger charge is -2.18. The van der Waals surface area contributed by atoms with E-state index in [4.69, 9.17) is 14.2 Å². The second-order valence-electron chi connectivity index (χ2n) is 15.6. The third-order valence-corrected chi connectivity index (χ3v) is 9.75. The van der Waals surface area contributed by atoms with Crippen molar-refractivity contribution in [3.05, 3.63) is 109 Å². The summed E-state index contributed by atoms with van der Waals surface area (Å²) < 4.78 is 17.3. The number of unbranched alkanes of at least 4 members (excludes halogenated alkanes) is 14. The Kier molecular flexibility index (Phi) is 47.1. The molecule has 0 aromatic rings. The Labute approximate surface area is 370 Å². The number of esters is 2. The fourth-order valence-corrected chi connectivity index (χ4v) is 6.20. The maximum atomic E-state index is 12.8. The van der Waals surface area contributed by atoms with E-state index in [-0.39, 0.29) is 25.2 Å². The fourth-order valence-electron chi connectivity index (χ4n) is 6.20. The smallest absolute Gasteiger partial charge is 0.306 e. The van der Waals surface area contributed by atoms with Crippen molar-refractivity contribution in [3.63, 3.8) is 0 Å². The molecule has 0 aliphatic carbocycles. The molecule has 0 aliphatic rings. The summed E-state index contributed by atoms with van der Waals surface area (Å²) in [5.74, 6) is -0.477. The molecule has 0 saturated carbocycles. The van der Waals surface area contributed by atoms with E-state index in [1.165, 1.54) is 44.9 Å². The molecule has 1 unspecified atom stereocenters. The molecule has 0 aliphatic heterocycles. The number of ether oxygens (including phenoxy) is 3. The van der Waals surface area contributed by atoms with Crippen LogP contribution in [-0.2, 0) is 23.8 Å². The Bertz CT molecular complexity index is 1210. The summed E-state index contributed by atoms with van der Waals surface area (Å²) in [5, 5.41) is 0. The van der Waals surface area contributed by atoms with Gasteiger partial charge in [-0.05, 0) is 116 Å². The lowest BCUT2D eigenvalue weighted by molar-refractivity contribution is -0.163. The third-order valence-electron chi connectivity index (χ3n) is 9.75. The highest BCUT2D eigenvalue weighted by atomic mass is 16.6. The molecule has 5 heteroatoms. The van der Waals surface area contributed by atoms with Crippen molar-refractivity contribution in [2.24, 2.45) is 0 Å². The first-order valence-corrected chi connectivity index (χ1v) is 24.4. The molecule has 0 N–H and O–H groups in total. The molecule has 5 nitrogen and oxygen atoms in total. The molecule has 0 amide bonds. The number of carbonyl (C=O) groups excluding carboxylic acids is 2. The monoisotopic (exact) mass is 831 g/mol. The molecule has 0 aromatic carbocycles. The SMILES string of the molecule is CC/C=C\C/C=C\C/C=C\C/C=C\CCCCC(=O)OCC(COCCCCCCCC/C=C\C/C=C\C/C=C\CC)OC(=O)CCCCCCC/C=C\C/C=C\CCC. The highest BCUT2D eigenvalue weighted by Gasteiger charge is 2.17. The zero-order chi connectivity index (χ0) is 43.5. The van der Waals surface area contributed by atoms with Crippen LogP contribution in [0, 0.1) is 0 Å². The Hall–Kier alpha value is -3.44. The van der Waals surface area contributed by atoms with Gasteiger partial charge < -0.3 is 14.2 Å². The van der Waals surface area contributed by atoms with E-state index in [1.807, 2.05) is 0 Å². The summed E-state index contributed by atoms with van der Waals surface area (Å²) in [4.78, 5) is 25.3. The molecule has 0 rings (SSSR count). The van der Waals surface area contributed by atoms with Crippen molar-refractivity contribution in [1.29, 1.82) is 0 Å². The zero-order valence-electron chi connectivity index (χ0n) is 38.9. The van der Waals surface area contributed by atoms with Crippen molar-refractivity contribution >= 4 is 11.9 Å². The third kappa shape index (κ3) is 47.2. The van der Waals surface area contributed by atoms with E-state index in [1.54, 1.807) is 0 Å². The predicted molar refractivity (Wildman–Crippen MR) is 260 cm³/mol. The van der Waals surface area contributed by atoms with Crippen molar-refractivity contribution < 1.29 is 23.8 Å². The molecular weight excluding hydrogens is 741 g/mol. The van der Waals surface area contributed by atoms with Gasteiger partial charge in [0.05, 0.1) is 6.61 Å². The van der Waals surface area contributed by atoms with Crippen LogP contribution in [0.1, 0.15) is 201 Å². The summed E-state index contributed by atoms with van der Waals surface area (Å²) >= 11 is 0. The molecule has 0 bridgehead atoms. The van der Waals surface area contributed by atoms with Gasteiger partial charge in [-0.2, -0.15) is 0 Å². The standard InChI is InChI=1S/C55H90O5/c1-4-7-10-13-16-19-22-25-27-29-32-35-38-41-44-47-50-58-51-53(60-55(57)49-46-43-40-37-34-30-24-21-18-15-12-9-6-3)52-59-54(56)48-45-42-39-36-33-31-28-26-23-20-17-14-11-8-5-2/h7-8,10-12,15-17,19-21,24-28,33,36,53H,4-6,9,13-14,18,22-23,29-32,34-35,37-52H2,1-3H3/b10-7-,11-8-,15-12-,19-16-,20-17-,24-21-,27-25-,28-26-,36-33-. The van der Waals surface area contributed by atoms with Gasteiger partial charge in [-0.15, -0.1) is 0 Å². The Morgan fingerprint density at radius 3 is 1.23 bits per heavy atom. The molecule has 0 saturated heterocycles. The topological polar surface area (TPSA) is 61.8 Å². The van der Waals surface area contributed by atoms with Crippen LogP contribution in [0.3, 0.4) is 0 Å². The minimum Gasteiger partial charge on any atom is -0.462 e. The average molecular weight is 831 g/mol. The van der Waals surface area contributed by atoms with Crippen LogP contribution in [0.25, 0.3) is 0 Å². The molecule has 340 valence electrons. The van der Waals surface area contributed by atoms with Gasteiger partial charge in [0.2, 0.25) is 0 Å². The Morgan fingerprint density at radius 1 is 0.383 bits per heavy atom. The van der Waals surface area contributed by atoms with E-state index in [2.05, 4.69) is 130 Å². The highest BCUT2D eigenvalue weighted by Crippen LogP contribution is 2.12. The number of hydrogen-bond donors (Lipinski definition) is 0. The van der Waals surface area contributed by atoms with Gasteiger partial charge in [0, 0.05) is 19.4 Å². The lowest BCUT2D eigenvalue weighted by Crippen LogP contribution is -2.30. The first kappa shape index (κ1) is 56.6. The lowest BCUT2D eigenvalue weighted by atomic mass is 10.1. The minimum absolute atomic E-state index is 0.0460. The summed E-state index contributed by atoms with van der Waals surface area (Å²) in [6.07, 6.45) is 68.1. The Morgan fingerprint density at radius 2 is 0.750 bits per heavy atom. The van der Waals surface area contributed by atoms with Crippen molar-refractivity contribution in [3.8, 4) is 0 Å². The zero-order valence-corrected chi connectivity index (χ0v) is 38.9. The fraction of sp³-hybridized carbons (Fsp3) is 0.636. The molecule has 0 fully saturated rings. The van der Waals surface area contributed by atoms with E-state index >= 15 is 0 Å². The molecule has 1 atom stereocenters. The number of rotatable bonds is 43. The van der Waals surface area contributed by atoms with Crippen LogP contribution in [0.4, 0.5) is 0 Å². The van der Waals surface area contributed by atoms with Crippen LogP contribution in [-0.4, -0.2) is 37.9 Å². The Balaban J connectivity index is 4.40. The van der Waals surface area contributed by atoms with Gasteiger partial charge in [-0.1, -0.05) is 182 Å². The molecule has 0 spiro atoms. The van der Waals surface area contributed by atoms with Crippen molar-refractivity contribution in [2.45, 2.75) is 207 Å². The first-order valence-electron chi connectivity index (χ1n) is 24.4. The first-order chi connectivity index (χ1) is 29.6. The molecule has 60 heavy (non-hydrogen) atoms. The summed E-state index contributed by atoms with van der Waals surface area (Å²) in [6.45, 7) is 7.43. The average Bonchev–Trinajstić information content (AvgIpc) is 3.25. The molecule has 0 radical (unpaired) electrons. The van der Waals surface area contributed by atoms with Crippen LogP contribution in [0.5, 0.6) is 0 Å². The molecule has 0 aromatic heterocycles. The van der Waals surface area contributed by atoms with E-state index in [0.29, 0.717) is 19.4 Å². The van der Waals surface area contributed by atoms with Gasteiger partial charge in [0.1, 0.15) is 6.61 Å². The second kappa shape index (κ2) is 49.9. The maximum Gasteiger partial charge on any atom is 0.306 e. The number of allylic oxidation sites excluding steroid dienone is 18. The highest BCUT2D eigenvalue weighted by molar-refractivity contribution is 5.70. The van der Waals surface area contributed by atoms with E-state index < -0.39 is 6.10 Å². The van der Waals surface area contributed by atoms with Crippen LogP contribution < -0.4 is 0 Å². The van der Waals surface area contributed by atoms with E-state index in [0.717, 1.165) is 122 Å². The van der Waals surface area contributed by atoms with Gasteiger partial charge in [-0.25, -0.2) is 0 Å². The van der Waals surface area contributed by atoms with Crippen molar-refractivity contribution in [1.82, 2.24) is 0 Å². The summed E-state index contributed by atoms with van der Waals surface area (Å²) in [6, 6.07) is 0. The van der Waals surface area contributed by atoms with Crippen LogP contribution in [0.15, 0.2) is 109 Å². The largest absolute Gasteiger partial charge is 0.462 e. The summed E-state index contributed by atoms with van der Waals surface area (Å²) in [5.41, 5.74) is 0. The summed E-state index contributed by atoms with van der Waals surface area (Å²) in [7, 11) is 0. The van der Waals surface area contributed by atoms with Gasteiger partial charge in [-0.3, -0.25) is 9.59 Å². The molecule has 0 heterocycles. The predicted octanol–water partition coefficient (Wildman–Crippen LogP) is 16.4. The van der Waals surface area contributed by atoms with Crippen LogP contribution in [0.2, 0.25) is 0 Å². The number of hydrogen-bond acceptors (Lipinski definition) is 5. The van der Waals surface area contributed by atoms with Gasteiger partial charge in [0.15, 0.2) is 6.10 Å². The quantitative estimate of drug-likeness (QED) is 0.0348.